The average Bonchev–Trinajstić information content (AvgIpc) is 2.76. The number of carboxylic acids is 1. The van der Waals surface area contributed by atoms with Crippen LogP contribution in [0.1, 0.15) is 12.0 Å². The topological polar surface area (TPSA) is 77.8 Å². The standard InChI is InChI=1S/C12H12ClNO4/c13-9-3-1-8(2-4-9)12(10(15)16)5-6-14(7-12)11(17)18/h1-4H,5-7H2,(H,15,16)(H,17,18). The molecule has 1 saturated heterocycles. The van der Waals surface area contributed by atoms with Gasteiger partial charge in [0.05, 0.1) is 0 Å². The Labute approximate surface area is 109 Å². The van der Waals surface area contributed by atoms with Crippen LogP contribution in [0, 0.1) is 0 Å². The highest BCUT2D eigenvalue weighted by Crippen LogP contribution is 2.35. The van der Waals surface area contributed by atoms with Gasteiger partial charge >= 0.3 is 12.1 Å². The summed E-state index contributed by atoms with van der Waals surface area (Å²) in [5, 5.41) is 18.9. The second-order valence-electron chi connectivity index (χ2n) is 4.35. The van der Waals surface area contributed by atoms with Gasteiger partial charge in [-0.25, -0.2) is 4.79 Å². The zero-order valence-electron chi connectivity index (χ0n) is 9.47. The van der Waals surface area contributed by atoms with E-state index in [0.717, 1.165) is 4.90 Å². The second-order valence-corrected chi connectivity index (χ2v) is 4.78. The fourth-order valence-electron chi connectivity index (χ4n) is 2.28. The molecular formula is C12H12ClNO4. The van der Waals surface area contributed by atoms with E-state index in [-0.39, 0.29) is 19.5 Å². The molecule has 1 heterocycles. The maximum Gasteiger partial charge on any atom is 0.407 e. The van der Waals surface area contributed by atoms with Crippen LogP contribution < -0.4 is 0 Å². The lowest BCUT2D eigenvalue weighted by molar-refractivity contribution is -0.143. The van der Waals surface area contributed by atoms with Gasteiger partial charge in [0.25, 0.3) is 0 Å². The van der Waals surface area contributed by atoms with Crippen LogP contribution in [-0.2, 0) is 10.2 Å². The van der Waals surface area contributed by atoms with Crippen LogP contribution in [0.5, 0.6) is 0 Å². The number of likely N-dealkylation sites (tertiary alicyclic amines) is 1. The lowest BCUT2D eigenvalue weighted by atomic mass is 9.80. The van der Waals surface area contributed by atoms with Gasteiger partial charge in [0, 0.05) is 18.1 Å². The zero-order valence-corrected chi connectivity index (χ0v) is 10.2. The molecule has 0 aliphatic carbocycles. The second kappa shape index (κ2) is 4.49. The Hall–Kier alpha value is -1.75. The molecule has 0 spiro atoms. The summed E-state index contributed by atoms with van der Waals surface area (Å²) in [4.78, 5) is 23.6. The molecule has 1 atom stereocenters. The Morgan fingerprint density at radius 3 is 2.28 bits per heavy atom. The Bertz CT molecular complexity index is 487. The third-order valence-corrected chi connectivity index (χ3v) is 3.60. The number of benzene rings is 1. The van der Waals surface area contributed by atoms with Crippen molar-refractivity contribution in [2.24, 2.45) is 0 Å². The molecule has 18 heavy (non-hydrogen) atoms. The van der Waals surface area contributed by atoms with Gasteiger partial charge < -0.3 is 15.1 Å². The molecule has 1 aromatic carbocycles. The van der Waals surface area contributed by atoms with Crippen molar-refractivity contribution in [2.45, 2.75) is 11.8 Å². The van der Waals surface area contributed by atoms with Crippen molar-refractivity contribution < 1.29 is 19.8 Å². The lowest BCUT2D eigenvalue weighted by Gasteiger charge is -2.24. The molecule has 5 nitrogen and oxygen atoms in total. The van der Waals surface area contributed by atoms with E-state index in [2.05, 4.69) is 0 Å². The molecule has 1 aliphatic rings. The molecule has 2 rings (SSSR count). The summed E-state index contributed by atoms with van der Waals surface area (Å²) in [5.74, 6) is -1.01. The number of amides is 1. The minimum Gasteiger partial charge on any atom is -0.481 e. The number of hydrogen-bond acceptors (Lipinski definition) is 2. The fourth-order valence-corrected chi connectivity index (χ4v) is 2.40. The van der Waals surface area contributed by atoms with Crippen LogP contribution >= 0.6 is 11.6 Å². The number of nitrogens with zero attached hydrogens (tertiary/aromatic N) is 1. The predicted molar refractivity (Wildman–Crippen MR) is 65.0 cm³/mol. The van der Waals surface area contributed by atoms with Crippen molar-refractivity contribution >= 4 is 23.7 Å². The highest BCUT2D eigenvalue weighted by Gasteiger charge is 2.47. The van der Waals surface area contributed by atoms with Crippen LogP contribution in [0.25, 0.3) is 0 Å². The molecule has 1 aromatic rings. The summed E-state index contributed by atoms with van der Waals surface area (Å²) in [7, 11) is 0. The summed E-state index contributed by atoms with van der Waals surface area (Å²) in [5.41, 5.74) is -0.577. The minimum absolute atomic E-state index is 0.0285. The van der Waals surface area contributed by atoms with Gasteiger partial charge in [-0.05, 0) is 24.1 Å². The molecule has 1 aliphatic heterocycles. The Morgan fingerprint density at radius 2 is 1.83 bits per heavy atom. The maximum absolute atomic E-state index is 11.5. The quantitative estimate of drug-likeness (QED) is 0.861. The first kappa shape index (κ1) is 12.7. The van der Waals surface area contributed by atoms with E-state index in [4.69, 9.17) is 16.7 Å². The maximum atomic E-state index is 11.5. The third kappa shape index (κ3) is 2.01. The molecule has 1 fully saturated rings. The lowest BCUT2D eigenvalue weighted by Crippen LogP contribution is -2.40. The zero-order chi connectivity index (χ0) is 13.3. The number of aliphatic carboxylic acids is 1. The summed E-state index contributed by atoms with van der Waals surface area (Å²) >= 11 is 5.77. The van der Waals surface area contributed by atoms with Crippen molar-refractivity contribution in [2.75, 3.05) is 13.1 Å². The van der Waals surface area contributed by atoms with Gasteiger partial charge in [-0.3, -0.25) is 4.79 Å². The van der Waals surface area contributed by atoms with E-state index >= 15 is 0 Å². The van der Waals surface area contributed by atoms with E-state index in [0.29, 0.717) is 10.6 Å². The molecule has 6 heteroatoms. The first-order chi connectivity index (χ1) is 8.45. The molecule has 2 N–H and O–H groups in total. The first-order valence-electron chi connectivity index (χ1n) is 5.43. The van der Waals surface area contributed by atoms with Gasteiger partial charge in [-0.1, -0.05) is 23.7 Å². The van der Waals surface area contributed by atoms with Gasteiger partial charge in [-0.2, -0.15) is 0 Å². The van der Waals surface area contributed by atoms with Crippen LogP contribution in [0.2, 0.25) is 5.02 Å². The Balaban J connectivity index is 2.38. The van der Waals surface area contributed by atoms with Crippen molar-refractivity contribution in [1.29, 1.82) is 0 Å². The smallest absolute Gasteiger partial charge is 0.407 e. The van der Waals surface area contributed by atoms with Crippen molar-refractivity contribution in [3.63, 3.8) is 0 Å². The molecule has 0 radical (unpaired) electrons. The van der Waals surface area contributed by atoms with Crippen molar-refractivity contribution in [3.05, 3.63) is 34.9 Å². The first-order valence-corrected chi connectivity index (χ1v) is 5.81. The van der Waals surface area contributed by atoms with E-state index in [1.807, 2.05) is 0 Å². The number of carboxylic acid groups (broad SMARTS) is 2. The van der Waals surface area contributed by atoms with Gasteiger partial charge in [0.1, 0.15) is 5.41 Å². The summed E-state index contributed by atoms with van der Waals surface area (Å²) in [6.45, 7) is 0.198. The largest absolute Gasteiger partial charge is 0.481 e. The summed E-state index contributed by atoms with van der Waals surface area (Å²) in [6, 6.07) is 6.51. The molecule has 1 unspecified atom stereocenters. The fraction of sp³-hybridized carbons (Fsp3) is 0.333. The SMILES string of the molecule is O=C(O)N1CCC(C(=O)O)(c2ccc(Cl)cc2)C1. The van der Waals surface area contributed by atoms with Crippen molar-refractivity contribution in [1.82, 2.24) is 4.90 Å². The third-order valence-electron chi connectivity index (χ3n) is 3.35. The summed E-state index contributed by atoms with van der Waals surface area (Å²) < 4.78 is 0. The van der Waals surface area contributed by atoms with Gasteiger partial charge in [0.15, 0.2) is 0 Å². The molecule has 0 saturated carbocycles. The monoisotopic (exact) mass is 269 g/mol. The van der Waals surface area contributed by atoms with Crippen LogP contribution in [0.3, 0.4) is 0 Å². The van der Waals surface area contributed by atoms with Crippen LogP contribution in [-0.4, -0.2) is 40.3 Å². The molecule has 0 aromatic heterocycles. The Morgan fingerprint density at radius 1 is 1.22 bits per heavy atom. The number of rotatable bonds is 2. The molecule has 0 bridgehead atoms. The Kier molecular flexibility index (Phi) is 3.17. The van der Waals surface area contributed by atoms with Crippen molar-refractivity contribution in [3.8, 4) is 0 Å². The van der Waals surface area contributed by atoms with Crippen LogP contribution in [0.4, 0.5) is 4.79 Å². The van der Waals surface area contributed by atoms with Gasteiger partial charge in [-0.15, -0.1) is 0 Å². The minimum atomic E-state index is -1.16. The highest BCUT2D eigenvalue weighted by atomic mass is 35.5. The van der Waals surface area contributed by atoms with E-state index in [1.165, 1.54) is 0 Å². The normalized spacial score (nSPS) is 23.1. The highest BCUT2D eigenvalue weighted by molar-refractivity contribution is 6.30. The van der Waals surface area contributed by atoms with E-state index < -0.39 is 17.5 Å². The van der Waals surface area contributed by atoms with E-state index in [1.54, 1.807) is 24.3 Å². The molecular weight excluding hydrogens is 258 g/mol. The van der Waals surface area contributed by atoms with Gasteiger partial charge in [0.2, 0.25) is 0 Å². The number of carbonyl (C=O) groups is 2. The average molecular weight is 270 g/mol. The predicted octanol–water partition coefficient (Wildman–Crippen LogP) is 2.05. The van der Waals surface area contributed by atoms with Crippen LogP contribution in [0.15, 0.2) is 24.3 Å². The molecule has 96 valence electrons. The number of hydrogen-bond donors (Lipinski definition) is 2. The van der Waals surface area contributed by atoms with E-state index in [9.17, 15) is 14.7 Å². The molecule has 1 amide bonds. The number of halogens is 1. The summed E-state index contributed by atoms with van der Waals surface area (Å²) in [6.07, 6.45) is -0.817.